The molecule has 1 N–H and O–H groups in total. The molecule has 2 aromatic carbocycles. The van der Waals surface area contributed by atoms with E-state index >= 15 is 0 Å². The molecule has 0 saturated heterocycles. The first-order chi connectivity index (χ1) is 9.02. The minimum atomic E-state index is 0.0249. The fraction of sp³-hybridized carbons (Fsp3) is 0.143. The van der Waals surface area contributed by atoms with Crippen molar-refractivity contribution in [2.45, 2.75) is 6.04 Å². The lowest BCUT2D eigenvalue weighted by molar-refractivity contribution is 0.688. The van der Waals surface area contributed by atoms with Crippen molar-refractivity contribution in [3.8, 4) is 0 Å². The Kier molecular flexibility index (Phi) is 5.49. The van der Waals surface area contributed by atoms with Crippen LogP contribution in [0.3, 0.4) is 0 Å². The zero-order valence-electron chi connectivity index (χ0n) is 10.1. The van der Waals surface area contributed by atoms with E-state index in [1.165, 1.54) is 0 Å². The molecule has 0 radical (unpaired) electrons. The third-order valence-electron chi connectivity index (χ3n) is 2.83. The molecule has 2 aromatic rings. The molecule has 0 spiro atoms. The van der Waals surface area contributed by atoms with Crippen LogP contribution in [0.25, 0.3) is 0 Å². The maximum absolute atomic E-state index is 6.32. The van der Waals surface area contributed by atoms with Gasteiger partial charge in [-0.25, -0.2) is 0 Å². The van der Waals surface area contributed by atoms with Crippen LogP contribution in [0.1, 0.15) is 17.2 Å². The molecule has 0 saturated carbocycles. The maximum Gasteiger partial charge on any atom is 0.0600 e. The first-order valence-electron chi connectivity index (χ1n) is 5.60. The lowest BCUT2D eigenvalue weighted by Gasteiger charge is -2.20. The van der Waals surface area contributed by atoms with Gasteiger partial charge in [-0.15, -0.1) is 0 Å². The number of hydrogen-bond donors (Lipinski definition) is 1. The van der Waals surface area contributed by atoms with Crippen LogP contribution in [0, 0.1) is 0 Å². The largest absolute Gasteiger partial charge is 0.309 e. The Morgan fingerprint density at radius 2 is 1.53 bits per heavy atom. The van der Waals surface area contributed by atoms with Gasteiger partial charge >= 0.3 is 0 Å². The molecule has 5 heteroatoms. The summed E-state index contributed by atoms with van der Waals surface area (Å²) in [6, 6.07) is 12.0. The molecule has 0 fully saturated rings. The van der Waals surface area contributed by atoms with E-state index in [-0.39, 0.29) is 6.04 Å². The molecule has 0 aliphatic rings. The lowest BCUT2D eigenvalue weighted by atomic mass is 9.99. The topological polar surface area (TPSA) is 12.0 Å². The fourth-order valence-electron chi connectivity index (χ4n) is 1.95. The fourth-order valence-corrected chi connectivity index (χ4v) is 3.41. The molecule has 100 valence electrons. The van der Waals surface area contributed by atoms with Crippen molar-refractivity contribution in [2.24, 2.45) is 0 Å². The number of hydrogen-bond acceptors (Lipinski definition) is 1. The number of rotatable bonds is 3. The normalized spacial score (nSPS) is 12.5. The maximum atomic E-state index is 6.32. The predicted molar refractivity (Wildman–Crippen MR) is 91.9 cm³/mol. The monoisotopic (exact) mass is 465 g/mol. The van der Waals surface area contributed by atoms with Gasteiger partial charge < -0.3 is 5.32 Å². The first-order valence-corrected chi connectivity index (χ1v) is 8.35. The molecule has 0 amide bonds. The minimum absolute atomic E-state index is 0.0249. The van der Waals surface area contributed by atoms with Gasteiger partial charge in [0.2, 0.25) is 0 Å². The third kappa shape index (κ3) is 3.61. The molecule has 19 heavy (non-hydrogen) atoms. The molecule has 0 bridgehead atoms. The summed E-state index contributed by atoms with van der Waals surface area (Å²) in [5.74, 6) is 0. The van der Waals surface area contributed by atoms with Crippen LogP contribution >= 0.6 is 59.4 Å². The smallest absolute Gasteiger partial charge is 0.0600 e. The molecule has 1 nitrogen and oxygen atoms in total. The van der Waals surface area contributed by atoms with Crippen molar-refractivity contribution in [3.05, 3.63) is 66.0 Å². The van der Waals surface area contributed by atoms with Crippen LogP contribution in [0.5, 0.6) is 0 Å². The molecular weight excluding hydrogens is 457 g/mol. The lowest BCUT2D eigenvalue weighted by Crippen LogP contribution is -2.18. The summed E-state index contributed by atoms with van der Waals surface area (Å²) in [4.78, 5) is 0. The standard InChI is InChI=1S/C14H11Br3ClN/c1-19-14(10-6-8(15)2-4-12(10)17)11-7-9(16)3-5-13(11)18/h2-7,14,19H,1H3. The molecule has 0 aliphatic heterocycles. The highest BCUT2D eigenvalue weighted by molar-refractivity contribution is 9.11. The van der Waals surface area contributed by atoms with Crippen molar-refractivity contribution in [3.63, 3.8) is 0 Å². The Labute approximate surface area is 143 Å². The minimum Gasteiger partial charge on any atom is -0.309 e. The summed E-state index contributed by atoms with van der Waals surface area (Å²) in [6.45, 7) is 0. The molecule has 0 heterocycles. The van der Waals surface area contributed by atoms with Crippen molar-refractivity contribution in [1.82, 2.24) is 5.32 Å². The summed E-state index contributed by atoms with van der Waals surface area (Å²) in [7, 11) is 1.93. The van der Waals surface area contributed by atoms with E-state index in [9.17, 15) is 0 Å². The van der Waals surface area contributed by atoms with E-state index in [0.29, 0.717) is 0 Å². The highest BCUT2D eigenvalue weighted by Gasteiger charge is 2.18. The molecule has 1 atom stereocenters. The Morgan fingerprint density at radius 1 is 0.947 bits per heavy atom. The number of nitrogens with one attached hydrogen (secondary N) is 1. The Hall–Kier alpha value is 0.130. The quantitative estimate of drug-likeness (QED) is 0.588. The van der Waals surface area contributed by atoms with Gasteiger partial charge in [-0.3, -0.25) is 0 Å². The van der Waals surface area contributed by atoms with E-state index < -0.39 is 0 Å². The Bertz CT molecular complexity index is 550. The van der Waals surface area contributed by atoms with Crippen LogP contribution in [0.4, 0.5) is 0 Å². The molecule has 2 rings (SSSR count). The molecule has 0 aliphatic carbocycles. The van der Waals surface area contributed by atoms with Crippen LogP contribution in [-0.4, -0.2) is 7.05 Å². The summed E-state index contributed by atoms with van der Waals surface area (Å²) in [5, 5.41) is 4.06. The van der Waals surface area contributed by atoms with Crippen LogP contribution in [0.2, 0.25) is 5.02 Å². The Balaban J connectivity index is 2.55. The van der Waals surface area contributed by atoms with Crippen LogP contribution in [0.15, 0.2) is 49.8 Å². The second-order valence-electron chi connectivity index (χ2n) is 4.05. The summed E-state index contributed by atoms with van der Waals surface area (Å²) in [5.41, 5.74) is 2.18. The van der Waals surface area contributed by atoms with Gasteiger partial charge in [0, 0.05) is 18.4 Å². The predicted octanol–water partition coefficient (Wildman–Crippen LogP) is 5.94. The first kappa shape index (κ1) is 15.5. The third-order valence-corrected chi connectivity index (χ3v) is 4.88. The van der Waals surface area contributed by atoms with Gasteiger partial charge in [0.1, 0.15) is 0 Å². The van der Waals surface area contributed by atoms with Crippen molar-refractivity contribution in [1.29, 1.82) is 0 Å². The van der Waals surface area contributed by atoms with Gasteiger partial charge in [0.25, 0.3) is 0 Å². The van der Waals surface area contributed by atoms with Crippen molar-refractivity contribution < 1.29 is 0 Å². The highest BCUT2D eigenvalue weighted by Crippen LogP contribution is 2.35. The van der Waals surface area contributed by atoms with Gasteiger partial charge in [0.15, 0.2) is 0 Å². The number of halogens is 4. The van der Waals surface area contributed by atoms with E-state index in [1.807, 2.05) is 37.4 Å². The second kappa shape index (κ2) is 6.72. The second-order valence-corrected chi connectivity index (χ2v) is 7.15. The Morgan fingerprint density at radius 3 is 2.16 bits per heavy atom. The summed E-state index contributed by atoms with van der Waals surface area (Å²) < 4.78 is 3.10. The molecule has 0 aromatic heterocycles. The van der Waals surface area contributed by atoms with Crippen LogP contribution in [-0.2, 0) is 0 Å². The van der Waals surface area contributed by atoms with Crippen molar-refractivity contribution in [2.75, 3.05) is 7.05 Å². The number of benzene rings is 2. The van der Waals surface area contributed by atoms with Gasteiger partial charge in [-0.05, 0) is 54.6 Å². The molecule has 1 unspecified atom stereocenters. The van der Waals surface area contributed by atoms with Crippen LogP contribution < -0.4 is 5.32 Å². The van der Waals surface area contributed by atoms with E-state index in [0.717, 1.165) is 29.6 Å². The van der Waals surface area contributed by atoms with E-state index in [1.54, 1.807) is 0 Å². The SMILES string of the molecule is CNC(c1cc(Br)ccc1Cl)c1cc(Br)ccc1Br. The summed E-state index contributed by atoms with van der Waals surface area (Å²) >= 11 is 16.9. The summed E-state index contributed by atoms with van der Waals surface area (Å²) in [6.07, 6.45) is 0. The van der Waals surface area contributed by atoms with E-state index in [4.69, 9.17) is 11.6 Å². The van der Waals surface area contributed by atoms with Gasteiger partial charge in [0.05, 0.1) is 6.04 Å². The van der Waals surface area contributed by atoms with E-state index in [2.05, 4.69) is 59.2 Å². The highest BCUT2D eigenvalue weighted by atomic mass is 79.9. The molecular formula is C14H11Br3ClN. The average Bonchev–Trinajstić information content (AvgIpc) is 2.38. The van der Waals surface area contributed by atoms with Gasteiger partial charge in [-0.1, -0.05) is 59.4 Å². The zero-order valence-corrected chi connectivity index (χ0v) is 15.6. The van der Waals surface area contributed by atoms with Crippen molar-refractivity contribution >= 4 is 59.4 Å². The zero-order chi connectivity index (χ0) is 14.0. The average molecular weight is 468 g/mol. The van der Waals surface area contributed by atoms with Gasteiger partial charge in [-0.2, -0.15) is 0 Å².